The molecule has 0 aliphatic rings. The highest BCUT2D eigenvalue weighted by atomic mass is 19.1. The zero-order chi connectivity index (χ0) is 11.5. The van der Waals surface area contributed by atoms with Crippen molar-refractivity contribution in [1.82, 2.24) is 4.98 Å². The minimum absolute atomic E-state index is 0.289. The van der Waals surface area contributed by atoms with Gasteiger partial charge >= 0.3 is 0 Å². The topological polar surface area (TPSA) is 50.9 Å². The van der Waals surface area contributed by atoms with Crippen molar-refractivity contribution in [2.75, 3.05) is 18.4 Å². The first-order valence-corrected chi connectivity index (χ1v) is 4.90. The molecule has 0 saturated carbocycles. The molecule has 0 atom stereocenters. The molecule has 0 unspecified atom stereocenters. The van der Waals surface area contributed by atoms with Crippen LogP contribution in [0.15, 0.2) is 24.4 Å². The second-order valence-corrected chi connectivity index (χ2v) is 3.36. The van der Waals surface area contributed by atoms with Crippen LogP contribution in [0.5, 0.6) is 0 Å². The van der Waals surface area contributed by atoms with Gasteiger partial charge in [0, 0.05) is 25.4 Å². The lowest BCUT2D eigenvalue weighted by molar-refractivity contribution is 0.592. The van der Waals surface area contributed by atoms with Crippen molar-refractivity contribution in [2.24, 2.45) is 5.73 Å². The van der Waals surface area contributed by atoms with Crippen LogP contribution in [0.25, 0.3) is 10.8 Å². The number of nitrogens with two attached hydrogens (primary N) is 1. The molecule has 84 valence electrons. The Labute approximate surface area is 91.3 Å². The number of hydrogen-bond acceptors (Lipinski definition) is 3. The average Bonchev–Trinajstić information content (AvgIpc) is 2.25. The summed E-state index contributed by atoms with van der Waals surface area (Å²) in [4.78, 5) is 4.01. The fourth-order valence-electron chi connectivity index (χ4n) is 1.56. The molecule has 0 aliphatic carbocycles. The van der Waals surface area contributed by atoms with E-state index in [9.17, 15) is 8.78 Å². The smallest absolute Gasteiger partial charge is 0.137 e. The van der Waals surface area contributed by atoms with Crippen LogP contribution in [-0.4, -0.2) is 18.1 Å². The molecule has 0 fully saturated rings. The lowest BCUT2D eigenvalue weighted by Gasteiger charge is -2.08. The molecule has 1 aromatic carbocycles. The Kier molecular flexibility index (Phi) is 2.96. The summed E-state index contributed by atoms with van der Waals surface area (Å²) in [5.74, 6) is -0.830. The van der Waals surface area contributed by atoms with Gasteiger partial charge in [0.05, 0.1) is 5.39 Å². The molecular formula is C11H11F2N3. The van der Waals surface area contributed by atoms with E-state index >= 15 is 0 Å². The highest BCUT2D eigenvalue weighted by Gasteiger charge is 2.09. The quantitative estimate of drug-likeness (QED) is 0.835. The summed E-state index contributed by atoms with van der Waals surface area (Å²) in [6.45, 7) is 0.907. The van der Waals surface area contributed by atoms with E-state index in [4.69, 9.17) is 5.73 Å². The van der Waals surface area contributed by atoms with Crippen LogP contribution in [0.1, 0.15) is 0 Å². The molecule has 2 rings (SSSR count). The molecule has 5 heteroatoms. The summed E-state index contributed by atoms with van der Waals surface area (Å²) < 4.78 is 26.6. The molecule has 1 aromatic heterocycles. The minimum atomic E-state index is -0.623. The molecule has 3 N–H and O–H groups in total. The maximum atomic E-state index is 13.6. The fourth-order valence-corrected chi connectivity index (χ4v) is 1.56. The van der Waals surface area contributed by atoms with Gasteiger partial charge in [0.15, 0.2) is 0 Å². The SMILES string of the molecule is NCCNc1nccc2cc(F)cc(F)c12. The van der Waals surface area contributed by atoms with E-state index in [-0.39, 0.29) is 5.39 Å². The maximum absolute atomic E-state index is 13.6. The third-order valence-corrected chi connectivity index (χ3v) is 2.22. The highest BCUT2D eigenvalue weighted by Crippen LogP contribution is 2.24. The molecule has 2 aromatic rings. The summed E-state index contributed by atoms with van der Waals surface area (Å²) in [6.07, 6.45) is 1.50. The zero-order valence-corrected chi connectivity index (χ0v) is 8.50. The third kappa shape index (κ3) is 1.94. The van der Waals surface area contributed by atoms with Crippen molar-refractivity contribution in [1.29, 1.82) is 0 Å². The van der Waals surface area contributed by atoms with Gasteiger partial charge in [-0.2, -0.15) is 0 Å². The molecule has 16 heavy (non-hydrogen) atoms. The number of halogens is 2. The van der Waals surface area contributed by atoms with Gasteiger partial charge in [0.1, 0.15) is 17.5 Å². The summed E-state index contributed by atoms with van der Waals surface area (Å²) in [6, 6.07) is 3.68. The monoisotopic (exact) mass is 223 g/mol. The number of rotatable bonds is 3. The van der Waals surface area contributed by atoms with Crippen molar-refractivity contribution in [3.8, 4) is 0 Å². The van der Waals surface area contributed by atoms with E-state index in [0.717, 1.165) is 6.07 Å². The predicted octanol–water partition coefficient (Wildman–Crippen LogP) is 1.88. The predicted molar refractivity (Wildman–Crippen MR) is 59.2 cm³/mol. The number of nitrogens with one attached hydrogen (secondary N) is 1. The molecule has 0 spiro atoms. The van der Waals surface area contributed by atoms with E-state index < -0.39 is 11.6 Å². The molecule has 0 amide bonds. The van der Waals surface area contributed by atoms with Crippen LogP contribution in [0.3, 0.4) is 0 Å². The number of anilines is 1. The highest BCUT2D eigenvalue weighted by molar-refractivity contribution is 5.92. The van der Waals surface area contributed by atoms with Crippen LogP contribution in [-0.2, 0) is 0 Å². The maximum Gasteiger partial charge on any atom is 0.137 e. The van der Waals surface area contributed by atoms with Crippen LogP contribution in [0.4, 0.5) is 14.6 Å². The van der Waals surface area contributed by atoms with Crippen molar-refractivity contribution < 1.29 is 8.78 Å². The van der Waals surface area contributed by atoms with E-state index in [2.05, 4.69) is 10.3 Å². The molecule has 0 radical (unpaired) electrons. The van der Waals surface area contributed by atoms with Gasteiger partial charge in [-0.1, -0.05) is 0 Å². The minimum Gasteiger partial charge on any atom is -0.368 e. The van der Waals surface area contributed by atoms with Gasteiger partial charge in [-0.25, -0.2) is 13.8 Å². The average molecular weight is 223 g/mol. The molecule has 1 heterocycles. The first kappa shape index (κ1) is 10.8. The van der Waals surface area contributed by atoms with E-state index in [0.29, 0.717) is 24.3 Å². The van der Waals surface area contributed by atoms with Gasteiger partial charge in [-0.05, 0) is 17.5 Å². The van der Waals surface area contributed by atoms with E-state index in [1.807, 2.05) is 0 Å². The van der Waals surface area contributed by atoms with Gasteiger partial charge in [-0.15, -0.1) is 0 Å². The fraction of sp³-hybridized carbons (Fsp3) is 0.182. The second kappa shape index (κ2) is 4.40. The normalized spacial score (nSPS) is 10.7. The Hall–Kier alpha value is -1.75. The number of pyridine rings is 1. The Morgan fingerprint density at radius 1 is 1.31 bits per heavy atom. The van der Waals surface area contributed by atoms with E-state index in [1.54, 1.807) is 6.07 Å². The first-order chi connectivity index (χ1) is 7.72. The number of hydrogen-bond donors (Lipinski definition) is 2. The van der Waals surface area contributed by atoms with Crippen molar-refractivity contribution in [3.05, 3.63) is 36.0 Å². The van der Waals surface area contributed by atoms with Gasteiger partial charge < -0.3 is 11.1 Å². The lowest BCUT2D eigenvalue weighted by atomic mass is 10.1. The number of benzene rings is 1. The van der Waals surface area contributed by atoms with Crippen LogP contribution in [0, 0.1) is 11.6 Å². The molecule has 0 saturated heterocycles. The molecule has 0 aliphatic heterocycles. The largest absolute Gasteiger partial charge is 0.368 e. The van der Waals surface area contributed by atoms with Crippen LogP contribution >= 0.6 is 0 Å². The first-order valence-electron chi connectivity index (χ1n) is 4.90. The Morgan fingerprint density at radius 2 is 2.12 bits per heavy atom. The number of nitrogens with zero attached hydrogens (tertiary/aromatic N) is 1. The third-order valence-electron chi connectivity index (χ3n) is 2.22. The van der Waals surface area contributed by atoms with Crippen LogP contribution in [0.2, 0.25) is 0 Å². The molecule has 3 nitrogen and oxygen atoms in total. The summed E-state index contributed by atoms with van der Waals surface area (Å²) in [5.41, 5.74) is 5.34. The summed E-state index contributed by atoms with van der Waals surface area (Å²) in [7, 11) is 0. The van der Waals surface area contributed by atoms with Crippen molar-refractivity contribution in [3.63, 3.8) is 0 Å². The van der Waals surface area contributed by atoms with Crippen LogP contribution < -0.4 is 11.1 Å². The van der Waals surface area contributed by atoms with Crippen molar-refractivity contribution in [2.45, 2.75) is 0 Å². The Balaban J connectivity index is 2.57. The summed E-state index contributed by atoms with van der Waals surface area (Å²) in [5, 5.41) is 3.67. The van der Waals surface area contributed by atoms with Gasteiger partial charge in [-0.3, -0.25) is 0 Å². The molecular weight excluding hydrogens is 212 g/mol. The Bertz CT molecular complexity index is 514. The second-order valence-electron chi connectivity index (χ2n) is 3.36. The van der Waals surface area contributed by atoms with Gasteiger partial charge in [0.2, 0.25) is 0 Å². The lowest BCUT2D eigenvalue weighted by Crippen LogP contribution is -2.14. The molecule has 0 bridgehead atoms. The van der Waals surface area contributed by atoms with Gasteiger partial charge in [0.25, 0.3) is 0 Å². The van der Waals surface area contributed by atoms with E-state index in [1.165, 1.54) is 12.3 Å². The summed E-state index contributed by atoms with van der Waals surface area (Å²) >= 11 is 0. The Morgan fingerprint density at radius 3 is 2.88 bits per heavy atom. The number of aromatic nitrogens is 1. The number of fused-ring (bicyclic) bond motifs is 1. The standard InChI is InChI=1S/C11H11F2N3/c12-8-5-7-1-3-15-11(16-4-2-14)10(7)9(13)6-8/h1,3,5-6H,2,4,14H2,(H,15,16). The zero-order valence-electron chi connectivity index (χ0n) is 8.50. The van der Waals surface area contributed by atoms with Crippen molar-refractivity contribution >= 4 is 16.6 Å².